The Morgan fingerprint density at radius 2 is 1.79 bits per heavy atom. The molecule has 5 nitrogen and oxygen atoms in total. The summed E-state index contributed by atoms with van der Waals surface area (Å²) in [4.78, 5) is 12.5. The molecule has 0 bridgehead atoms. The molecule has 3 rings (SSSR count). The molecule has 0 saturated heterocycles. The predicted molar refractivity (Wildman–Crippen MR) is 93.5 cm³/mol. The number of aryl methyl sites for hydroxylation is 1. The van der Waals surface area contributed by atoms with E-state index in [9.17, 15) is 13.2 Å². The molecule has 1 saturated carbocycles. The van der Waals surface area contributed by atoms with Gasteiger partial charge >= 0.3 is 0 Å². The normalized spacial score (nSPS) is 14.6. The van der Waals surface area contributed by atoms with Crippen molar-refractivity contribution in [3.8, 4) is 0 Å². The molecule has 0 spiro atoms. The SMILES string of the molecule is Cc1cccc(NC(=O)c2ccc(S(=O)(=O)N(C)C3CC3)cc2)c1. The van der Waals surface area contributed by atoms with Gasteiger partial charge in [-0.3, -0.25) is 4.79 Å². The number of hydrogen-bond acceptors (Lipinski definition) is 3. The quantitative estimate of drug-likeness (QED) is 0.906. The maximum atomic E-state index is 12.4. The zero-order valence-electron chi connectivity index (χ0n) is 13.7. The second-order valence-electron chi connectivity index (χ2n) is 6.10. The lowest BCUT2D eigenvalue weighted by Gasteiger charge is -2.16. The standard InChI is InChI=1S/C18H20N2O3S/c1-13-4-3-5-15(12-13)19-18(21)14-6-10-17(11-7-14)24(22,23)20(2)16-8-9-16/h3-7,10-12,16H,8-9H2,1-2H3,(H,19,21). The molecule has 2 aromatic rings. The molecule has 2 aromatic carbocycles. The Balaban J connectivity index is 1.75. The van der Waals surface area contributed by atoms with Crippen molar-refractivity contribution in [1.29, 1.82) is 0 Å². The summed E-state index contributed by atoms with van der Waals surface area (Å²) in [5, 5.41) is 2.81. The molecule has 126 valence electrons. The first-order valence-electron chi connectivity index (χ1n) is 7.84. The predicted octanol–water partition coefficient (Wildman–Crippen LogP) is 3.03. The van der Waals surface area contributed by atoms with Crippen molar-refractivity contribution < 1.29 is 13.2 Å². The van der Waals surface area contributed by atoms with Crippen LogP contribution >= 0.6 is 0 Å². The third-order valence-electron chi connectivity index (χ3n) is 4.13. The summed E-state index contributed by atoms with van der Waals surface area (Å²) in [5.41, 5.74) is 2.19. The number of nitrogens with zero attached hydrogens (tertiary/aromatic N) is 1. The van der Waals surface area contributed by atoms with Crippen LogP contribution in [-0.2, 0) is 10.0 Å². The van der Waals surface area contributed by atoms with Crippen molar-refractivity contribution in [3.63, 3.8) is 0 Å². The van der Waals surface area contributed by atoms with Crippen LogP contribution in [0.25, 0.3) is 0 Å². The minimum atomic E-state index is -3.48. The molecule has 1 aliphatic rings. The molecule has 24 heavy (non-hydrogen) atoms. The fourth-order valence-corrected chi connectivity index (χ4v) is 3.92. The van der Waals surface area contributed by atoms with Gasteiger partial charge in [-0.2, -0.15) is 4.31 Å². The van der Waals surface area contributed by atoms with Gasteiger partial charge in [0.05, 0.1) is 4.90 Å². The van der Waals surface area contributed by atoms with Gasteiger partial charge in [0.15, 0.2) is 0 Å². The van der Waals surface area contributed by atoms with Gasteiger partial charge in [0.25, 0.3) is 5.91 Å². The van der Waals surface area contributed by atoms with Gasteiger partial charge in [-0.15, -0.1) is 0 Å². The molecule has 1 amide bonds. The van der Waals surface area contributed by atoms with Crippen molar-refractivity contribution in [1.82, 2.24) is 4.31 Å². The summed E-state index contributed by atoms with van der Waals surface area (Å²) in [6, 6.07) is 13.7. The molecular formula is C18H20N2O3S. The van der Waals surface area contributed by atoms with Crippen LogP contribution < -0.4 is 5.32 Å². The topological polar surface area (TPSA) is 66.5 Å². The van der Waals surface area contributed by atoms with Gasteiger partial charge in [-0.25, -0.2) is 8.42 Å². The number of rotatable bonds is 5. The van der Waals surface area contributed by atoms with E-state index in [0.717, 1.165) is 18.4 Å². The van der Waals surface area contributed by atoms with Crippen LogP contribution in [0.1, 0.15) is 28.8 Å². The fourth-order valence-electron chi connectivity index (χ4n) is 2.51. The highest BCUT2D eigenvalue weighted by atomic mass is 32.2. The van der Waals surface area contributed by atoms with Crippen LogP contribution in [-0.4, -0.2) is 31.7 Å². The van der Waals surface area contributed by atoms with Crippen LogP contribution in [0.4, 0.5) is 5.69 Å². The van der Waals surface area contributed by atoms with Crippen molar-refractivity contribution in [2.75, 3.05) is 12.4 Å². The fraction of sp³-hybridized carbons (Fsp3) is 0.278. The van der Waals surface area contributed by atoms with Crippen molar-refractivity contribution in [2.24, 2.45) is 0 Å². The molecule has 0 atom stereocenters. The molecule has 0 aromatic heterocycles. The lowest BCUT2D eigenvalue weighted by atomic mass is 10.2. The Labute approximate surface area is 142 Å². The number of amides is 1. The van der Waals surface area contributed by atoms with Gasteiger partial charge < -0.3 is 5.32 Å². The monoisotopic (exact) mass is 344 g/mol. The van der Waals surface area contributed by atoms with Crippen molar-refractivity contribution in [3.05, 3.63) is 59.7 Å². The Morgan fingerprint density at radius 3 is 2.38 bits per heavy atom. The number of anilines is 1. The number of carbonyl (C=O) groups is 1. The maximum Gasteiger partial charge on any atom is 0.255 e. The molecule has 0 heterocycles. The van der Waals surface area contributed by atoms with E-state index in [-0.39, 0.29) is 16.8 Å². The molecule has 1 fully saturated rings. The smallest absolute Gasteiger partial charge is 0.255 e. The number of carbonyl (C=O) groups excluding carboxylic acids is 1. The molecule has 6 heteroatoms. The van der Waals surface area contributed by atoms with Crippen LogP contribution in [0.5, 0.6) is 0 Å². The first-order chi connectivity index (χ1) is 11.4. The molecule has 0 radical (unpaired) electrons. The van der Waals surface area contributed by atoms with Crippen molar-refractivity contribution in [2.45, 2.75) is 30.7 Å². The van der Waals surface area contributed by atoms with Gasteiger partial charge in [0.1, 0.15) is 0 Å². The maximum absolute atomic E-state index is 12.4. The molecular weight excluding hydrogens is 324 g/mol. The van der Waals surface area contributed by atoms with Crippen LogP contribution in [0, 0.1) is 6.92 Å². The average Bonchev–Trinajstić information content (AvgIpc) is 3.39. The van der Waals surface area contributed by atoms with Crippen LogP contribution in [0.2, 0.25) is 0 Å². The molecule has 0 unspecified atom stereocenters. The zero-order chi connectivity index (χ0) is 17.3. The van der Waals surface area contributed by atoms with E-state index < -0.39 is 10.0 Å². The van der Waals surface area contributed by atoms with Crippen LogP contribution in [0.3, 0.4) is 0 Å². The molecule has 0 aliphatic heterocycles. The van der Waals surface area contributed by atoms with Gasteiger partial charge in [0.2, 0.25) is 10.0 Å². The third kappa shape index (κ3) is 3.49. The zero-order valence-corrected chi connectivity index (χ0v) is 14.5. The second kappa shape index (κ2) is 6.37. The third-order valence-corrected chi connectivity index (χ3v) is 6.05. The summed E-state index contributed by atoms with van der Waals surface area (Å²) in [6.45, 7) is 1.95. The van der Waals surface area contributed by atoms with E-state index >= 15 is 0 Å². The van der Waals surface area contributed by atoms with E-state index in [1.165, 1.54) is 16.4 Å². The van der Waals surface area contributed by atoms with E-state index in [4.69, 9.17) is 0 Å². The summed E-state index contributed by atoms with van der Waals surface area (Å²) >= 11 is 0. The van der Waals surface area contributed by atoms with E-state index in [2.05, 4.69) is 5.32 Å². The highest BCUT2D eigenvalue weighted by Gasteiger charge is 2.34. The summed E-state index contributed by atoms with van der Waals surface area (Å²) in [5.74, 6) is -0.264. The number of nitrogens with one attached hydrogen (secondary N) is 1. The number of sulfonamides is 1. The first kappa shape index (κ1) is 16.7. The Bertz CT molecular complexity index is 856. The lowest BCUT2D eigenvalue weighted by molar-refractivity contribution is 0.102. The minimum Gasteiger partial charge on any atom is -0.322 e. The highest BCUT2D eigenvalue weighted by molar-refractivity contribution is 7.89. The average molecular weight is 344 g/mol. The van der Waals surface area contributed by atoms with E-state index in [1.807, 2.05) is 31.2 Å². The van der Waals surface area contributed by atoms with Gasteiger partial charge in [-0.1, -0.05) is 12.1 Å². The lowest BCUT2D eigenvalue weighted by Crippen LogP contribution is -2.29. The minimum absolute atomic E-state index is 0.110. The summed E-state index contributed by atoms with van der Waals surface area (Å²) < 4.78 is 26.3. The summed E-state index contributed by atoms with van der Waals surface area (Å²) in [7, 11) is -1.88. The first-order valence-corrected chi connectivity index (χ1v) is 9.28. The van der Waals surface area contributed by atoms with Gasteiger partial charge in [0, 0.05) is 24.3 Å². The Morgan fingerprint density at radius 1 is 1.12 bits per heavy atom. The number of benzene rings is 2. The second-order valence-corrected chi connectivity index (χ2v) is 8.10. The summed E-state index contributed by atoms with van der Waals surface area (Å²) in [6.07, 6.45) is 1.82. The Kier molecular flexibility index (Phi) is 4.43. The number of hydrogen-bond donors (Lipinski definition) is 1. The van der Waals surface area contributed by atoms with Gasteiger partial charge in [-0.05, 0) is 61.7 Å². The largest absolute Gasteiger partial charge is 0.322 e. The Hall–Kier alpha value is -2.18. The molecule has 1 N–H and O–H groups in total. The van der Waals surface area contributed by atoms with Crippen LogP contribution in [0.15, 0.2) is 53.4 Å². The van der Waals surface area contributed by atoms with E-state index in [1.54, 1.807) is 19.2 Å². The van der Waals surface area contributed by atoms with Crippen molar-refractivity contribution >= 4 is 21.6 Å². The van der Waals surface area contributed by atoms with E-state index in [0.29, 0.717) is 11.3 Å². The highest BCUT2D eigenvalue weighted by Crippen LogP contribution is 2.30. The molecule has 1 aliphatic carbocycles.